The van der Waals surface area contributed by atoms with E-state index in [2.05, 4.69) is 16.3 Å². The lowest BCUT2D eigenvalue weighted by atomic mass is 9.86. The minimum Gasteiger partial charge on any atom is -0.493 e. The number of ether oxygens (including phenoxy) is 1. The molecule has 1 N–H and O–H groups in total. The Labute approximate surface area is 132 Å². The molecule has 2 fully saturated rings. The molecule has 0 unspecified atom stereocenters. The summed E-state index contributed by atoms with van der Waals surface area (Å²) < 4.78 is 6.05. The van der Waals surface area contributed by atoms with E-state index < -0.39 is 0 Å². The van der Waals surface area contributed by atoms with Gasteiger partial charge in [0.05, 0.1) is 6.61 Å². The molecule has 21 heavy (non-hydrogen) atoms. The third-order valence-electron chi connectivity index (χ3n) is 4.63. The zero-order valence-electron chi connectivity index (χ0n) is 12.6. The van der Waals surface area contributed by atoms with Gasteiger partial charge >= 0.3 is 0 Å². The van der Waals surface area contributed by atoms with Crippen molar-refractivity contribution < 1.29 is 4.74 Å². The molecule has 0 amide bonds. The second-order valence-corrected chi connectivity index (χ2v) is 6.64. The first-order valence-corrected chi connectivity index (χ1v) is 8.53. The van der Waals surface area contributed by atoms with Crippen molar-refractivity contribution >= 4 is 11.6 Å². The molecule has 1 heterocycles. The highest BCUT2D eigenvalue weighted by molar-refractivity contribution is 6.30. The van der Waals surface area contributed by atoms with Crippen molar-refractivity contribution in [2.24, 2.45) is 5.92 Å². The van der Waals surface area contributed by atoms with E-state index in [9.17, 15) is 0 Å². The average Bonchev–Trinajstić information content (AvgIpc) is 2.46. The van der Waals surface area contributed by atoms with Crippen LogP contribution in [0.5, 0.6) is 5.75 Å². The molecule has 0 aromatic heterocycles. The monoisotopic (exact) mass is 308 g/mol. The summed E-state index contributed by atoms with van der Waals surface area (Å²) in [5, 5.41) is 4.20. The normalized spacial score (nSPS) is 20.2. The highest BCUT2D eigenvalue weighted by Crippen LogP contribution is 2.29. The molecule has 3 nitrogen and oxygen atoms in total. The second kappa shape index (κ2) is 7.48. The third kappa shape index (κ3) is 4.35. The second-order valence-electron chi connectivity index (χ2n) is 6.20. The van der Waals surface area contributed by atoms with Crippen molar-refractivity contribution in [2.75, 3.05) is 39.3 Å². The fourth-order valence-corrected chi connectivity index (χ4v) is 3.16. The molecular weight excluding hydrogens is 284 g/mol. The van der Waals surface area contributed by atoms with E-state index in [-0.39, 0.29) is 0 Å². The van der Waals surface area contributed by atoms with Gasteiger partial charge in [0.2, 0.25) is 0 Å². The molecule has 3 rings (SSSR count). The summed E-state index contributed by atoms with van der Waals surface area (Å²) in [7, 11) is 0. The van der Waals surface area contributed by atoms with Gasteiger partial charge in [-0.25, -0.2) is 0 Å². The molecule has 4 heteroatoms. The summed E-state index contributed by atoms with van der Waals surface area (Å²) in [6.07, 6.45) is 5.03. The molecule has 0 spiro atoms. The zero-order valence-corrected chi connectivity index (χ0v) is 13.4. The van der Waals surface area contributed by atoms with Gasteiger partial charge in [-0.05, 0) is 48.9 Å². The minimum atomic E-state index is 0.765. The standard InChI is InChI=1S/C17H25ClN2O/c18-16-4-5-17(21-13-14-2-1-3-14)15(12-16)6-9-20-10-7-19-8-11-20/h4-5,12,14,19H,1-3,6-11,13H2. The van der Waals surface area contributed by atoms with Crippen LogP contribution in [0.2, 0.25) is 5.02 Å². The lowest BCUT2D eigenvalue weighted by Gasteiger charge is -2.28. The van der Waals surface area contributed by atoms with Crippen LogP contribution in [0.4, 0.5) is 0 Å². The van der Waals surface area contributed by atoms with Crippen molar-refractivity contribution in [1.82, 2.24) is 10.2 Å². The minimum absolute atomic E-state index is 0.765. The smallest absolute Gasteiger partial charge is 0.122 e. The van der Waals surface area contributed by atoms with Crippen molar-refractivity contribution in [3.63, 3.8) is 0 Å². The number of benzene rings is 1. The van der Waals surface area contributed by atoms with Gasteiger partial charge in [0.15, 0.2) is 0 Å². The van der Waals surface area contributed by atoms with Gasteiger partial charge in [-0.15, -0.1) is 0 Å². The summed E-state index contributed by atoms with van der Waals surface area (Å²) in [6, 6.07) is 6.04. The summed E-state index contributed by atoms with van der Waals surface area (Å²) >= 11 is 6.16. The number of rotatable bonds is 6. The fraction of sp³-hybridized carbons (Fsp3) is 0.647. The lowest BCUT2D eigenvalue weighted by Crippen LogP contribution is -2.44. The highest BCUT2D eigenvalue weighted by atomic mass is 35.5. The molecule has 0 radical (unpaired) electrons. The van der Waals surface area contributed by atoms with Crippen molar-refractivity contribution in [1.29, 1.82) is 0 Å². The van der Waals surface area contributed by atoms with Crippen LogP contribution >= 0.6 is 11.6 Å². The number of hydrogen-bond donors (Lipinski definition) is 1. The Balaban J connectivity index is 1.56. The summed E-state index contributed by atoms with van der Waals surface area (Å²) in [6.45, 7) is 6.42. The van der Waals surface area contributed by atoms with Gasteiger partial charge in [-0.3, -0.25) is 0 Å². The highest BCUT2D eigenvalue weighted by Gasteiger charge is 2.19. The van der Waals surface area contributed by atoms with Gasteiger partial charge in [-0.1, -0.05) is 18.0 Å². The van der Waals surface area contributed by atoms with Crippen LogP contribution < -0.4 is 10.1 Å². The van der Waals surface area contributed by atoms with Crippen LogP contribution in [-0.2, 0) is 6.42 Å². The number of nitrogens with one attached hydrogen (secondary N) is 1. The fourth-order valence-electron chi connectivity index (χ4n) is 2.96. The van der Waals surface area contributed by atoms with Crippen LogP contribution in [-0.4, -0.2) is 44.2 Å². The van der Waals surface area contributed by atoms with Gasteiger partial charge in [-0.2, -0.15) is 0 Å². The molecular formula is C17H25ClN2O. The Kier molecular flexibility index (Phi) is 5.39. The van der Waals surface area contributed by atoms with Gasteiger partial charge in [0, 0.05) is 37.7 Å². The maximum atomic E-state index is 6.16. The molecule has 0 atom stereocenters. The van der Waals surface area contributed by atoms with Gasteiger partial charge in [0.25, 0.3) is 0 Å². The summed E-state index contributed by atoms with van der Waals surface area (Å²) in [4.78, 5) is 2.51. The van der Waals surface area contributed by atoms with Crippen molar-refractivity contribution in [3.8, 4) is 5.75 Å². The van der Waals surface area contributed by atoms with Gasteiger partial charge in [0.1, 0.15) is 5.75 Å². The molecule has 116 valence electrons. The number of hydrogen-bond acceptors (Lipinski definition) is 3. The number of halogens is 1. The Hall–Kier alpha value is -0.770. The Morgan fingerprint density at radius 1 is 1.24 bits per heavy atom. The van der Waals surface area contributed by atoms with E-state index in [4.69, 9.17) is 16.3 Å². The van der Waals surface area contributed by atoms with Crippen LogP contribution in [0.1, 0.15) is 24.8 Å². The third-order valence-corrected chi connectivity index (χ3v) is 4.86. The van der Waals surface area contributed by atoms with Crippen LogP contribution in [0.25, 0.3) is 0 Å². The molecule has 0 bridgehead atoms. The quantitative estimate of drug-likeness (QED) is 0.874. The van der Waals surface area contributed by atoms with E-state index >= 15 is 0 Å². The molecule has 2 aliphatic rings. The number of nitrogens with zero attached hydrogens (tertiary/aromatic N) is 1. The van der Waals surface area contributed by atoms with Crippen LogP contribution in [0.3, 0.4) is 0 Å². The topological polar surface area (TPSA) is 24.5 Å². The van der Waals surface area contributed by atoms with Gasteiger partial charge < -0.3 is 15.0 Å². The van der Waals surface area contributed by atoms with E-state index in [0.29, 0.717) is 0 Å². The van der Waals surface area contributed by atoms with E-state index in [1.54, 1.807) is 0 Å². The Bertz CT molecular complexity index is 456. The summed E-state index contributed by atoms with van der Waals surface area (Å²) in [5.74, 6) is 1.79. The zero-order chi connectivity index (χ0) is 14.5. The van der Waals surface area contributed by atoms with E-state index in [0.717, 1.165) is 62.4 Å². The predicted octanol–water partition coefficient (Wildman–Crippen LogP) is 2.97. The average molecular weight is 309 g/mol. The maximum Gasteiger partial charge on any atom is 0.122 e. The molecule has 1 aromatic rings. The molecule has 1 saturated carbocycles. The largest absolute Gasteiger partial charge is 0.493 e. The molecule has 1 saturated heterocycles. The summed E-state index contributed by atoms with van der Waals surface area (Å²) in [5.41, 5.74) is 1.25. The molecule has 1 aliphatic carbocycles. The maximum absolute atomic E-state index is 6.16. The predicted molar refractivity (Wildman–Crippen MR) is 87.3 cm³/mol. The van der Waals surface area contributed by atoms with Crippen LogP contribution in [0.15, 0.2) is 18.2 Å². The first kappa shape index (κ1) is 15.1. The van der Waals surface area contributed by atoms with E-state index in [1.165, 1.54) is 24.8 Å². The Morgan fingerprint density at radius 3 is 2.76 bits per heavy atom. The molecule has 1 aliphatic heterocycles. The first-order valence-electron chi connectivity index (χ1n) is 8.15. The van der Waals surface area contributed by atoms with Crippen LogP contribution in [0, 0.1) is 5.92 Å². The number of piperazine rings is 1. The SMILES string of the molecule is Clc1ccc(OCC2CCC2)c(CCN2CCNCC2)c1. The molecule has 1 aromatic carbocycles. The van der Waals surface area contributed by atoms with Crippen molar-refractivity contribution in [3.05, 3.63) is 28.8 Å². The Morgan fingerprint density at radius 2 is 2.05 bits per heavy atom. The van der Waals surface area contributed by atoms with Crippen molar-refractivity contribution in [2.45, 2.75) is 25.7 Å². The van der Waals surface area contributed by atoms with E-state index in [1.807, 2.05) is 12.1 Å². The first-order chi connectivity index (χ1) is 10.3. The lowest BCUT2D eigenvalue weighted by molar-refractivity contribution is 0.178.